The van der Waals surface area contributed by atoms with Gasteiger partial charge >= 0.3 is 0 Å². The van der Waals surface area contributed by atoms with Gasteiger partial charge in [-0.1, -0.05) is 12.1 Å². The van der Waals surface area contributed by atoms with Crippen molar-refractivity contribution in [2.24, 2.45) is 0 Å². The van der Waals surface area contributed by atoms with Gasteiger partial charge in [0.2, 0.25) is 0 Å². The van der Waals surface area contributed by atoms with E-state index in [9.17, 15) is 15.3 Å². The van der Waals surface area contributed by atoms with Crippen molar-refractivity contribution in [3.63, 3.8) is 0 Å². The summed E-state index contributed by atoms with van der Waals surface area (Å²) in [5.74, 6) is -0.245. The van der Waals surface area contributed by atoms with Crippen LogP contribution in [-0.2, 0) is 6.54 Å². The topological polar surface area (TPSA) is 72.7 Å². The summed E-state index contributed by atoms with van der Waals surface area (Å²) in [4.78, 5) is 0. The van der Waals surface area contributed by atoms with E-state index in [0.29, 0.717) is 12.1 Å². The second kappa shape index (κ2) is 4.72. The van der Waals surface area contributed by atoms with Crippen LogP contribution in [0.2, 0.25) is 0 Å². The Morgan fingerprint density at radius 2 is 1.94 bits per heavy atom. The van der Waals surface area contributed by atoms with Gasteiger partial charge in [0.15, 0.2) is 11.5 Å². The number of rotatable bonds is 4. The first-order valence-electron chi connectivity index (χ1n) is 5.27. The average molecular weight is 225 g/mol. The molecule has 0 aromatic heterocycles. The van der Waals surface area contributed by atoms with Gasteiger partial charge in [-0.05, 0) is 26.8 Å². The van der Waals surface area contributed by atoms with E-state index in [0.717, 1.165) is 0 Å². The second-order valence-corrected chi connectivity index (χ2v) is 4.54. The molecular formula is C12H19NO3. The van der Waals surface area contributed by atoms with E-state index in [-0.39, 0.29) is 11.5 Å². The van der Waals surface area contributed by atoms with Crippen molar-refractivity contribution < 1.29 is 15.3 Å². The Hall–Kier alpha value is -1.26. The van der Waals surface area contributed by atoms with Gasteiger partial charge in [0, 0.05) is 17.6 Å². The van der Waals surface area contributed by atoms with Crippen LogP contribution in [0.3, 0.4) is 0 Å². The lowest BCUT2D eigenvalue weighted by Gasteiger charge is -2.29. The van der Waals surface area contributed by atoms with Gasteiger partial charge in [0.25, 0.3) is 0 Å². The van der Waals surface area contributed by atoms with Crippen molar-refractivity contribution >= 4 is 0 Å². The molecule has 0 heterocycles. The van der Waals surface area contributed by atoms with Crippen molar-refractivity contribution in [3.05, 3.63) is 23.8 Å². The number of phenols is 2. The smallest absolute Gasteiger partial charge is 0.161 e. The van der Waals surface area contributed by atoms with Crippen LogP contribution in [0.5, 0.6) is 11.5 Å². The van der Waals surface area contributed by atoms with Gasteiger partial charge in [-0.15, -0.1) is 0 Å². The number of aliphatic hydroxyl groups excluding tert-OH is 1. The molecule has 0 aliphatic heterocycles. The third kappa shape index (κ3) is 2.87. The summed E-state index contributed by atoms with van der Waals surface area (Å²) in [6.45, 7) is 5.84. The standard InChI is InChI=1S/C12H19NO3/c1-8(14)12(2,3)13-7-9-5-4-6-10(15)11(9)16/h4-6,8,13-16H,7H2,1-3H3. The first kappa shape index (κ1) is 12.8. The zero-order chi connectivity index (χ0) is 12.3. The highest BCUT2D eigenvalue weighted by molar-refractivity contribution is 5.44. The largest absolute Gasteiger partial charge is 0.504 e. The van der Waals surface area contributed by atoms with Crippen LogP contribution in [0.1, 0.15) is 26.3 Å². The van der Waals surface area contributed by atoms with E-state index >= 15 is 0 Å². The van der Waals surface area contributed by atoms with Crippen LogP contribution in [0, 0.1) is 0 Å². The minimum atomic E-state index is -0.507. The van der Waals surface area contributed by atoms with Gasteiger partial charge in [0.05, 0.1) is 6.10 Å². The number of aliphatic hydroxyl groups is 1. The van der Waals surface area contributed by atoms with Crippen LogP contribution in [0.4, 0.5) is 0 Å². The predicted octanol–water partition coefficient (Wildman–Crippen LogP) is 1.35. The number of para-hydroxylation sites is 1. The summed E-state index contributed by atoms with van der Waals surface area (Å²) in [5.41, 5.74) is 0.159. The summed E-state index contributed by atoms with van der Waals surface area (Å²) in [5, 5.41) is 31.5. The Kier molecular flexibility index (Phi) is 3.78. The lowest BCUT2D eigenvalue weighted by Crippen LogP contribution is -2.47. The summed E-state index contributed by atoms with van der Waals surface area (Å²) in [6.07, 6.45) is -0.507. The van der Waals surface area contributed by atoms with E-state index in [2.05, 4.69) is 5.32 Å². The molecule has 4 heteroatoms. The monoisotopic (exact) mass is 225 g/mol. The summed E-state index contributed by atoms with van der Waals surface area (Å²) >= 11 is 0. The zero-order valence-electron chi connectivity index (χ0n) is 9.86. The summed E-state index contributed by atoms with van der Waals surface area (Å²) < 4.78 is 0. The highest BCUT2D eigenvalue weighted by Crippen LogP contribution is 2.28. The molecule has 1 atom stereocenters. The van der Waals surface area contributed by atoms with Gasteiger partial charge in [-0.25, -0.2) is 0 Å². The van der Waals surface area contributed by atoms with Crippen molar-refractivity contribution in [1.29, 1.82) is 0 Å². The second-order valence-electron chi connectivity index (χ2n) is 4.54. The minimum Gasteiger partial charge on any atom is -0.504 e. The lowest BCUT2D eigenvalue weighted by molar-refractivity contribution is 0.0954. The number of nitrogens with one attached hydrogen (secondary N) is 1. The van der Waals surface area contributed by atoms with Crippen LogP contribution in [0.15, 0.2) is 18.2 Å². The van der Waals surface area contributed by atoms with Crippen molar-refractivity contribution in [1.82, 2.24) is 5.32 Å². The van der Waals surface area contributed by atoms with E-state index in [4.69, 9.17) is 0 Å². The van der Waals surface area contributed by atoms with E-state index in [1.807, 2.05) is 13.8 Å². The molecule has 1 unspecified atom stereocenters. The molecule has 1 aromatic rings. The lowest BCUT2D eigenvalue weighted by atomic mass is 9.98. The van der Waals surface area contributed by atoms with Crippen LogP contribution >= 0.6 is 0 Å². The SMILES string of the molecule is CC(O)C(C)(C)NCc1cccc(O)c1O. The molecule has 0 spiro atoms. The van der Waals surface area contributed by atoms with Crippen molar-refractivity contribution in [3.8, 4) is 11.5 Å². The van der Waals surface area contributed by atoms with Crippen LogP contribution < -0.4 is 5.32 Å². The van der Waals surface area contributed by atoms with E-state index < -0.39 is 11.6 Å². The molecule has 0 saturated heterocycles. The molecular weight excluding hydrogens is 206 g/mol. The Balaban J connectivity index is 2.72. The molecule has 0 radical (unpaired) electrons. The zero-order valence-corrected chi connectivity index (χ0v) is 9.86. The van der Waals surface area contributed by atoms with Gasteiger partial charge in [-0.3, -0.25) is 0 Å². The Bertz CT molecular complexity index is 361. The molecule has 0 aliphatic carbocycles. The third-order valence-electron chi connectivity index (χ3n) is 2.88. The number of phenolic OH excluding ortho intramolecular Hbond substituents is 2. The molecule has 0 bridgehead atoms. The highest BCUT2D eigenvalue weighted by atomic mass is 16.3. The normalized spacial score (nSPS) is 13.8. The molecule has 0 amide bonds. The predicted molar refractivity (Wildman–Crippen MR) is 62.4 cm³/mol. The maximum absolute atomic E-state index is 9.58. The fraction of sp³-hybridized carbons (Fsp3) is 0.500. The third-order valence-corrected chi connectivity index (χ3v) is 2.88. The van der Waals surface area contributed by atoms with Crippen LogP contribution in [0.25, 0.3) is 0 Å². The number of benzene rings is 1. The average Bonchev–Trinajstić information content (AvgIpc) is 2.20. The van der Waals surface area contributed by atoms with E-state index in [1.54, 1.807) is 19.1 Å². The molecule has 1 aromatic carbocycles. The quantitative estimate of drug-likeness (QED) is 0.584. The van der Waals surface area contributed by atoms with Gasteiger partial charge in [0.1, 0.15) is 0 Å². The maximum atomic E-state index is 9.58. The van der Waals surface area contributed by atoms with E-state index in [1.165, 1.54) is 6.07 Å². The summed E-state index contributed by atoms with van der Waals surface area (Å²) in [6, 6.07) is 4.82. The summed E-state index contributed by atoms with van der Waals surface area (Å²) in [7, 11) is 0. The van der Waals surface area contributed by atoms with Gasteiger partial charge in [-0.2, -0.15) is 0 Å². The fourth-order valence-electron chi connectivity index (χ4n) is 1.19. The molecule has 16 heavy (non-hydrogen) atoms. The molecule has 0 aliphatic rings. The van der Waals surface area contributed by atoms with Gasteiger partial charge < -0.3 is 20.6 Å². The first-order chi connectivity index (χ1) is 7.34. The Labute approximate surface area is 95.6 Å². The number of hydrogen-bond donors (Lipinski definition) is 4. The molecule has 90 valence electrons. The fourth-order valence-corrected chi connectivity index (χ4v) is 1.19. The minimum absolute atomic E-state index is 0.114. The maximum Gasteiger partial charge on any atom is 0.161 e. The van der Waals surface area contributed by atoms with Crippen molar-refractivity contribution in [2.45, 2.75) is 39.0 Å². The first-order valence-corrected chi connectivity index (χ1v) is 5.27. The molecule has 0 saturated carbocycles. The highest BCUT2D eigenvalue weighted by Gasteiger charge is 2.23. The molecule has 4 nitrogen and oxygen atoms in total. The number of hydrogen-bond acceptors (Lipinski definition) is 4. The number of aromatic hydroxyl groups is 2. The molecule has 0 fully saturated rings. The van der Waals surface area contributed by atoms with Crippen molar-refractivity contribution in [2.75, 3.05) is 0 Å². The molecule has 1 rings (SSSR count). The Morgan fingerprint density at radius 1 is 1.31 bits per heavy atom. The van der Waals surface area contributed by atoms with Crippen LogP contribution in [-0.4, -0.2) is 27.0 Å². The molecule has 4 N–H and O–H groups in total. The Morgan fingerprint density at radius 3 is 2.50 bits per heavy atom.